The number of hydrogen-bond acceptors (Lipinski definition) is 4. The molecule has 0 aliphatic rings. The Bertz CT molecular complexity index is 403. The zero-order valence-corrected chi connectivity index (χ0v) is 8.91. The number of nitrogen functional groups attached to an aromatic ring is 1. The standard InChI is InChI=1S/C9H10N2S2/c1-2-6-3-4-12-8(6)7-5-13-9(10)11-7/h3-5H,2H2,1H3,(H2,10,11). The van der Waals surface area contributed by atoms with Gasteiger partial charge in [-0.25, -0.2) is 4.98 Å². The maximum Gasteiger partial charge on any atom is 0.180 e. The molecule has 0 radical (unpaired) electrons. The van der Waals surface area contributed by atoms with Gasteiger partial charge in [-0.05, 0) is 23.4 Å². The number of nitrogens with zero attached hydrogens (tertiary/aromatic N) is 1. The number of aryl methyl sites for hydroxylation is 1. The van der Waals surface area contributed by atoms with Crippen LogP contribution in [0.25, 0.3) is 10.6 Å². The van der Waals surface area contributed by atoms with Gasteiger partial charge in [-0.1, -0.05) is 6.92 Å². The topological polar surface area (TPSA) is 38.9 Å². The van der Waals surface area contributed by atoms with E-state index in [1.165, 1.54) is 21.8 Å². The summed E-state index contributed by atoms with van der Waals surface area (Å²) < 4.78 is 0. The summed E-state index contributed by atoms with van der Waals surface area (Å²) in [6.07, 6.45) is 1.05. The van der Waals surface area contributed by atoms with Gasteiger partial charge in [0, 0.05) is 5.38 Å². The summed E-state index contributed by atoms with van der Waals surface area (Å²) in [6, 6.07) is 2.15. The van der Waals surface area contributed by atoms with Crippen LogP contribution in [0.1, 0.15) is 12.5 Å². The Labute approximate surface area is 85.1 Å². The Balaban J connectivity index is 2.45. The fourth-order valence-electron chi connectivity index (χ4n) is 1.23. The van der Waals surface area contributed by atoms with E-state index >= 15 is 0 Å². The minimum absolute atomic E-state index is 0.644. The molecular weight excluding hydrogens is 200 g/mol. The molecule has 68 valence electrons. The van der Waals surface area contributed by atoms with Crippen molar-refractivity contribution in [3.63, 3.8) is 0 Å². The van der Waals surface area contributed by atoms with Crippen molar-refractivity contribution in [2.75, 3.05) is 5.73 Å². The summed E-state index contributed by atoms with van der Waals surface area (Å²) in [4.78, 5) is 5.53. The molecule has 0 spiro atoms. The molecule has 13 heavy (non-hydrogen) atoms. The van der Waals surface area contributed by atoms with Gasteiger partial charge in [0.15, 0.2) is 5.13 Å². The zero-order valence-electron chi connectivity index (χ0n) is 7.28. The average Bonchev–Trinajstić information content (AvgIpc) is 2.71. The van der Waals surface area contributed by atoms with Crippen molar-refractivity contribution in [1.29, 1.82) is 0 Å². The number of rotatable bonds is 2. The Morgan fingerprint density at radius 2 is 2.31 bits per heavy atom. The molecule has 4 heteroatoms. The van der Waals surface area contributed by atoms with Crippen LogP contribution in [0.3, 0.4) is 0 Å². The van der Waals surface area contributed by atoms with Crippen molar-refractivity contribution < 1.29 is 0 Å². The van der Waals surface area contributed by atoms with E-state index in [1.807, 2.05) is 5.38 Å². The average molecular weight is 210 g/mol. The summed E-state index contributed by atoms with van der Waals surface area (Å²) >= 11 is 3.22. The smallest absolute Gasteiger partial charge is 0.180 e. The number of thiophene rings is 1. The first-order chi connectivity index (χ1) is 6.31. The fraction of sp³-hybridized carbons (Fsp3) is 0.222. The van der Waals surface area contributed by atoms with Gasteiger partial charge in [0.2, 0.25) is 0 Å². The van der Waals surface area contributed by atoms with Crippen molar-refractivity contribution in [3.8, 4) is 10.6 Å². The number of anilines is 1. The molecule has 0 aliphatic heterocycles. The van der Waals surface area contributed by atoms with E-state index in [0.29, 0.717) is 5.13 Å². The molecule has 2 aromatic heterocycles. The van der Waals surface area contributed by atoms with Crippen LogP contribution in [0.2, 0.25) is 0 Å². The predicted molar refractivity (Wildman–Crippen MR) is 59.2 cm³/mol. The molecule has 0 fully saturated rings. The third-order valence-corrected chi connectivity index (χ3v) is 3.54. The molecule has 0 aromatic carbocycles. The van der Waals surface area contributed by atoms with E-state index in [9.17, 15) is 0 Å². The predicted octanol–water partition coefficient (Wildman–Crippen LogP) is 3.02. The second-order valence-corrected chi connectivity index (χ2v) is 4.51. The van der Waals surface area contributed by atoms with E-state index in [-0.39, 0.29) is 0 Å². The SMILES string of the molecule is CCc1ccsc1-c1csc(N)n1. The Kier molecular flexibility index (Phi) is 2.33. The van der Waals surface area contributed by atoms with Gasteiger partial charge in [-0.15, -0.1) is 22.7 Å². The van der Waals surface area contributed by atoms with E-state index in [2.05, 4.69) is 23.4 Å². The van der Waals surface area contributed by atoms with Crippen LogP contribution in [0.4, 0.5) is 5.13 Å². The number of aromatic nitrogens is 1. The first-order valence-electron chi connectivity index (χ1n) is 4.09. The lowest BCUT2D eigenvalue weighted by molar-refractivity contribution is 1.15. The highest BCUT2D eigenvalue weighted by molar-refractivity contribution is 7.15. The van der Waals surface area contributed by atoms with Crippen LogP contribution in [-0.4, -0.2) is 4.98 Å². The van der Waals surface area contributed by atoms with Gasteiger partial charge in [0.1, 0.15) is 0 Å². The highest BCUT2D eigenvalue weighted by Gasteiger charge is 2.07. The Morgan fingerprint density at radius 1 is 1.46 bits per heavy atom. The second kappa shape index (κ2) is 3.47. The largest absolute Gasteiger partial charge is 0.375 e. The number of hydrogen-bond donors (Lipinski definition) is 1. The first-order valence-corrected chi connectivity index (χ1v) is 5.85. The van der Waals surface area contributed by atoms with E-state index in [4.69, 9.17) is 5.73 Å². The summed E-state index contributed by atoms with van der Waals surface area (Å²) in [7, 11) is 0. The second-order valence-electron chi connectivity index (χ2n) is 2.70. The molecule has 2 nitrogen and oxygen atoms in total. The lowest BCUT2D eigenvalue weighted by atomic mass is 10.2. The van der Waals surface area contributed by atoms with E-state index in [0.717, 1.165) is 12.1 Å². The highest BCUT2D eigenvalue weighted by atomic mass is 32.1. The molecule has 0 saturated carbocycles. The van der Waals surface area contributed by atoms with Crippen molar-refractivity contribution >= 4 is 27.8 Å². The monoisotopic (exact) mass is 210 g/mol. The summed E-state index contributed by atoms with van der Waals surface area (Å²) in [5.41, 5.74) is 7.97. The lowest BCUT2D eigenvalue weighted by Gasteiger charge is -1.95. The number of nitrogens with two attached hydrogens (primary N) is 1. The molecule has 0 bridgehead atoms. The molecule has 2 N–H and O–H groups in total. The molecule has 0 saturated heterocycles. The maximum atomic E-state index is 5.59. The summed E-state index contributed by atoms with van der Waals surface area (Å²) in [5, 5.41) is 4.76. The van der Waals surface area contributed by atoms with Gasteiger partial charge in [-0.3, -0.25) is 0 Å². The van der Waals surface area contributed by atoms with Gasteiger partial charge in [0.25, 0.3) is 0 Å². The molecule has 0 atom stereocenters. The minimum atomic E-state index is 0.644. The molecule has 2 aromatic rings. The maximum absolute atomic E-state index is 5.59. The molecule has 2 rings (SSSR count). The fourth-order valence-corrected chi connectivity index (χ4v) is 2.82. The zero-order chi connectivity index (χ0) is 9.26. The lowest BCUT2D eigenvalue weighted by Crippen LogP contribution is -1.83. The third kappa shape index (κ3) is 1.59. The van der Waals surface area contributed by atoms with Crippen LogP contribution >= 0.6 is 22.7 Å². The van der Waals surface area contributed by atoms with Crippen LogP contribution in [0, 0.1) is 0 Å². The molecular formula is C9H10N2S2. The van der Waals surface area contributed by atoms with E-state index < -0.39 is 0 Å². The van der Waals surface area contributed by atoms with Gasteiger partial charge >= 0.3 is 0 Å². The van der Waals surface area contributed by atoms with Crippen LogP contribution in [0.15, 0.2) is 16.8 Å². The number of thiazole rings is 1. The molecule has 0 unspecified atom stereocenters. The normalized spacial score (nSPS) is 10.5. The molecule has 0 amide bonds. The minimum Gasteiger partial charge on any atom is -0.375 e. The molecule has 0 aliphatic carbocycles. The van der Waals surface area contributed by atoms with Crippen LogP contribution in [-0.2, 0) is 6.42 Å². The molecule has 2 heterocycles. The van der Waals surface area contributed by atoms with Crippen LogP contribution in [0.5, 0.6) is 0 Å². The van der Waals surface area contributed by atoms with Crippen molar-refractivity contribution in [2.45, 2.75) is 13.3 Å². The Morgan fingerprint density at radius 3 is 2.92 bits per heavy atom. The van der Waals surface area contributed by atoms with Crippen molar-refractivity contribution in [2.24, 2.45) is 0 Å². The summed E-state index contributed by atoms with van der Waals surface area (Å²) in [5.74, 6) is 0. The van der Waals surface area contributed by atoms with Crippen molar-refractivity contribution in [3.05, 3.63) is 22.4 Å². The van der Waals surface area contributed by atoms with Gasteiger partial charge < -0.3 is 5.73 Å². The highest BCUT2D eigenvalue weighted by Crippen LogP contribution is 2.31. The Hall–Kier alpha value is -0.870. The summed E-state index contributed by atoms with van der Waals surface area (Å²) in [6.45, 7) is 2.15. The van der Waals surface area contributed by atoms with Crippen molar-refractivity contribution in [1.82, 2.24) is 4.98 Å². The first kappa shape index (κ1) is 8.72. The van der Waals surface area contributed by atoms with Gasteiger partial charge in [0.05, 0.1) is 10.6 Å². The van der Waals surface area contributed by atoms with E-state index in [1.54, 1.807) is 11.3 Å². The third-order valence-electron chi connectivity index (χ3n) is 1.88. The van der Waals surface area contributed by atoms with Crippen LogP contribution < -0.4 is 5.73 Å². The van der Waals surface area contributed by atoms with Gasteiger partial charge in [-0.2, -0.15) is 0 Å². The quantitative estimate of drug-likeness (QED) is 0.827.